The normalized spacial score (nSPS) is 22.7. The van der Waals surface area contributed by atoms with Crippen LogP contribution >= 0.6 is 0 Å². The molecule has 0 bridgehead atoms. The molecule has 0 spiro atoms. The largest absolute Gasteiger partial charge is 0.480 e. The van der Waals surface area contributed by atoms with Gasteiger partial charge in [-0.2, -0.15) is 0 Å². The highest BCUT2D eigenvalue weighted by atomic mass is 32.2. The molecule has 9 heteroatoms. The fourth-order valence-electron chi connectivity index (χ4n) is 2.06. The molecule has 4 N–H and O–H groups in total. The minimum Gasteiger partial charge on any atom is -0.480 e. The van der Waals surface area contributed by atoms with E-state index >= 15 is 0 Å². The second kappa shape index (κ2) is 6.69. The van der Waals surface area contributed by atoms with Crippen LogP contribution in [0.5, 0.6) is 0 Å². The maximum Gasteiger partial charge on any atom is 0.326 e. The summed E-state index contributed by atoms with van der Waals surface area (Å²) in [6.07, 6.45) is 0.945. The third-order valence-corrected chi connectivity index (χ3v) is 5.34. The molecule has 1 aliphatic heterocycles. The van der Waals surface area contributed by atoms with Gasteiger partial charge in [0.05, 0.1) is 5.75 Å². The predicted octanol–water partition coefficient (Wildman–Crippen LogP) is -1.21. The highest BCUT2D eigenvalue weighted by Crippen LogP contribution is 2.19. The molecule has 1 rings (SSSR count). The molecule has 1 heterocycles. The lowest BCUT2D eigenvalue weighted by Gasteiger charge is -2.23. The van der Waals surface area contributed by atoms with Gasteiger partial charge < -0.3 is 16.2 Å². The average molecular weight is 306 g/mol. The molecular formula is C11H18N2O6S. The van der Waals surface area contributed by atoms with Gasteiger partial charge in [-0.05, 0) is 19.3 Å². The number of primary amides is 1. The van der Waals surface area contributed by atoms with Crippen LogP contribution in [0.25, 0.3) is 0 Å². The quantitative estimate of drug-likeness (QED) is 0.561. The Morgan fingerprint density at radius 1 is 1.30 bits per heavy atom. The molecule has 1 fully saturated rings. The number of hydrogen-bond donors (Lipinski definition) is 3. The van der Waals surface area contributed by atoms with Crippen LogP contribution in [0.4, 0.5) is 0 Å². The number of rotatable bonds is 6. The van der Waals surface area contributed by atoms with Crippen molar-refractivity contribution in [3.05, 3.63) is 0 Å². The maximum absolute atomic E-state index is 11.9. The average Bonchev–Trinajstić information content (AvgIpc) is 2.32. The van der Waals surface area contributed by atoms with Gasteiger partial charge in [0.25, 0.3) is 0 Å². The van der Waals surface area contributed by atoms with Gasteiger partial charge in [0, 0.05) is 6.42 Å². The second-order valence-electron chi connectivity index (χ2n) is 4.76. The summed E-state index contributed by atoms with van der Waals surface area (Å²) >= 11 is 0. The van der Waals surface area contributed by atoms with E-state index in [1.54, 1.807) is 0 Å². The summed E-state index contributed by atoms with van der Waals surface area (Å²) < 4.78 is 23.5. The Morgan fingerprint density at radius 3 is 2.45 bits per heavy atom. The number of carboxylic acid groups (broad SMARTS) is 1. The topological polar surface area (TPSA) is 144 Å². The Kier molecular flexibility index (Phi) is 5.49. The van der Waals surface area contributed by atoms with Gasteiger partial charge in [-0.3, -0.25) is 9.59 Å². The Bertz CT molecular complexity index is 501. The smallest absolute Gasteiger partial charge is 0.326 e. The van der Waals surface area contributed by atoms with E-state index in [-0.39, 0.29) is 25.0 Å². The first-order chi connectivity index (χ1) is 9.24. The van der Waals surface area contributed by atoms with Gasteiger partial charge in [0.2, 0.25) is 11.8 Å². The molecule has 8 nitrogen and oxygen atoms in total. The van der Waals surface area contributed by atoms with Gasteiger partial charge in [0.15, 0.2) is 9.84 Å². The number of aliphatic carboxylic acids is 1. The van der Waals surface area contributed by atoms with Crippen molar-refractivity contribution in [2.45, 2.75) is 43.4 Å². The van der Waals surface area contributed by atoms with E-state index in [4.69, 9.17) is 10.8 Å². The SMILES string of the molecule is NC(=O)CC[C@H](NC(=O)C1CCCCS1(=O)=O)C(=O)O. The second-order valence-corrected chi connectivity index (χ2v) is 7.06. The summed E-state index contributed by atoms with van der Waals surface area (Å²) in [7, 11) is -3.52. The van der Waals surface area contributed by atoms with Crippen molar-refractivity contribution < 1.29 is 27.9 Å². The number of carbonyl (C=O) groups is 3. The van der Waals surface area contributed by atoms with Crippen molar-refractivity contribution in [2.24, 2.45) is 5.73 Å². The number of carbonyl (C=O) groups excluding carboxylic acids is 2. The molecule has 0 saturated carbocycles. The first-order valence-corrected chi connectivity index (χ1v) is 7.98. The highest BCUT2D eigenvalue weighted by Gasteiger charge is 2.36. The van der Waals surface area contributed by atoms with Crippen LogP contribution in [-0.4, -0.2) is 48.4 Å². The standard InChI is InChI=1S/C11H18N2O6S/c12-9(14)5-4-7(11(16)17)13-10(15)8-3-1-2-6-20(8,18)19/h7-8H,1-6H2,(H2,12,14)(H,13,15)(H,16,17)/t7-,8?/m0/s1. The van der Waals surface area contributed by atoms with Crippen LogP contribution in [0, 0.1) is 0 Å². The van der Waals surface area contributed by atoms with Gasteiger partial charge in [-0.25, -0.2) is 13.2 Å². The van der Waals surface area contributed by atoms with Crippen molar-refractivity contribution in [3.8, 4) is 0 Å². The van der Waals surface area contributed by atoms with Crippen molar-refractivity contribution in [3.63, 3.8) is 0 Å². The Balaban J connectivity index is 2.70. The molecule has 2 atom stereocenters. The molecular weight excluding hydrogens is 288 g/mol. The van der Waals surface area contributed by atoms with Crippen LogP contribution in [0.1, 0.15) is 32.1 Å². The lowest BCUT2D eigenvalue weighted by Crippen LogP contribution is -2.49. The third-order valence-electron chi connectivity index (χ3n) is 3.17. The zero-order chi connectivity index (χ0) is 15.3. The number of nitrogens with two attached hydrogens (primary N) is 1. The Labute approximate surface area is 116 Å². The number of nitrogens with one attached hydrogen (secondary N) is 1. The molecule has 1 aliphatic rings. The van der Waals surface area contributed by atoms with E-state index in [0.717, 1.165) is 0 Å². The molecule has 0 aromatic carbocycles. The maximum atomic E-state index is 11.9. The van der Waals surface area contributed by atoms with E-state index in [9.17, 15) is 22.8 Å². The zero-order valence-corrected chi connectivity index (χ0v) is 11.7. The Hall–Kier alpha value is -1.64. The molecule has 0 aliphatic carbocycles. The van der Waals surface area contributed by atoms with E-state index in [2.05, 4.69) is 5.32 Å². The Morgan fingerprint density at radius 2 is 1.95 bits per heavy atom. The third kappa shape index (κ3) is 4.48. The van der Waals surface area contributed by atoms with Crippen molar-refractivity contribution >= 4 is 27.6 Å². The van der Waals surface area contributed by atoms with Crippen LogP contribution in [0.2, 0.25) is 0 Å². The van der Waals surface area contributed by atoms with Gasteiger partial charge >= 0.3 is 5.97 Å². The van der Waals surface area contributed by atoms with Crippen molar-refractivity contribution in [2.75, 3.05) is 5.75 Å². The summed E-state index contributed by atoms with van der Waals surface area (Å²) in [5, 5.41) is 9.92. The molecule has 20 heavy (non-hydrogen) atoms. The zero-order valence-electron chi connectivity index (χ0n) is 10.9. The van der Waals surface area contributed by atoms with E-state index in [0.29, 0.717) is 12.8 Å². The monoisotopic (exact) mass is 306 g/mol. The van der Waals surface area contributed by atoms with Crippen LogP contribution < -0.4 is 11.1 Å². The minimum absolute atomic E-state index is 0.0654. The minimum atomic E-state index is -3.52. The number of sulfone groups is 1. The van der Waals surface area contributed by atoms with Gasteiger partial charge in [-0.1, -0.05) is 6.42 Å². The first-order valence-electron chi connectivity index (χ1n) is 6.27. The van der Waals surface area contributed by atoms with Crippen molar-refractivity contribution in [1.29, 1.82) is 0 Å². The molecule has 0 aromatic rings. The molecule has 2 amide bonds. The highest BCUT2D eigenvalue weighted by molar-refractivity contribution is 7.92. The van der Waals surface area contributed by atoms with Gasteiger partial charge in [-0.15, -0.1) is 0 Å². The number of amides is 2. The molecule has 1 saturated heterocycles. The lowest BCUT2D eigenvalue weighted by molar-refractivity contribution is -0.142. The molecule has 0 aromatic heterocycles. The van der Waals surface area contributed by atoms with E-state index in [1.807, 2.05) is 0 Å². The fraction of sp³-hybridized carbons (Fsp3) is 0.727. The summed E-state index contributed by atoms with van der Waals surface area (Å²) in [6.45, 7) is 0. The lowest BCUT2D eigenvalue weighted by atomic mass is 10.1. The molecule has 114 valence electrons. The molecule has 1 unspecified atom stereocenters. The van der Waals surface area contributed by atoms with Crippen LogP contribution in [0.15, 0.2) is 0 Å². The van der Waals surface area contributed by atoms with E-state index < -0.39 is 38.9 Å². The van der Waals surface area contributed by atoms with Gasteiger partial charge in [0.1, 0.15) is 11.3 Å². The van der Waals surface area contributed by atoms with Crippen LogP contribution in [-0.2, 0) is 24.2 Å². The first kappa shape index (κ1) is 16.4. The van der Waals surface area contributed by atoms with Crippen LogP contribution in [0.3, 0.4) is 0 Å². The van der Waals surface area contributed by atoms with E-state index in [1.165, 1.54) is 0 Å². The number of hydrogen-bond acceptors (Lipinski definition) is 5. The summed E-state index contributed by atoms with van der Waals surface area (Å²) in [5.41, 5.74) is 4.92. The van der Waals surface area contributed by atoms with Crippen molar-refractivity contribution in [1.82, 2.24) is 5.32 Å². The predicted molar refractivity (Wildman–Crippen MR) is 69.4 cm³/mol. The summed E-state index contributed by atoms with van der Waals surface area (Å²) in [5.74, 6) is -2.89. The number of carboxylic acids is 1. The molecule has 0 radical (unpaired) electrons. The fourth-order valence-corrected chi connectivity index (χ4v) is 3.87. The summed E-state index contributed by atoms with van der Waals surface area (Å²) in [4.78, 5) is 33.5. The summed E-state index contributed by atoms with van der Waals surface area (Å²) in [6, 6.07) is -1.31.